The van der Waals surface area contributed by atoms with Crippen LogP contribution >= 0.6 is 11.3 Å². The molecule has 1 aliphatic heterocycles. The molecule has 19 heavy (non-hydrogen) atoms. The molecule has 1 saturated carbocycles. The Morgan fingerprint density at radius 3 is 2.53 bits per heavy atom. The molecular weight excluding hydrogens is 254 g/mol. The van der Waals surface area contributed by atoms with Crippen LogP contribution in [0.3, 0.4) is 0 Å². The summed E-state index contributed by atoms with van der Waals surface area (Å²) in [7, 11) is 0. The minimum absolute atomic E-state index is 0.301. The van der Waals surface area contributed by atoms with Gasteiger partial charge in [-0.3, -0.25) is 9.69 Å². The lowest BCUT2D eigenvalue weighted by atomic mass is 9.68. The molecule has 104 valence electrons. The Labute approximate surface area is 119 Å². The quantitative estimate of drug-likeness (QED) is 0.779. The van der Waals surface area contributed by atoms with Gasteiger partial charge in [0, 0.05) is 0 Å². The highest BCUT2D eigenvalue weighted by molar-refractivity contribution is 7.12. The Morgan fingerprint density at radius 2 is 1.89 bits per heavy atom. The zero-order chi connectivity index (χ0) is 13.1. The highest BCUT2D eigenvalue weighted by atomic mass is 32.1. The van der Waals surface area contributed by atoms with Crippen LogP contribution in [0.5, 0.6) is 0 Å². The van der Waals surface area contributed by atoms with E-state index < -0.39 is 0 Å². The molecule has 1 aliphatic carbocycles. The molecule has 2 heterocycles. The Hall–Kier alpha value is -0.670. The molecule has 1 aromatic heterocycles. The molecule has 2 aliphatic rings. The Kier molecular flexibility index (Phi) is 4.04. The van der Waals surface area contributed by atoms with Crippen LogP contribution in [0.15, 0.2) is 17.5 Å². The van der Waals surface area contributed by atoms with Gasteiger partial charge in [-0.1, -0.05) is 25.3 Å². The first-order valence-electron chi connectivity index (χ1n) is 7.57. The standard InChI is InChI=1S/C16H23NOS/c18-14(15-5-4-12-19-15)13-17-10-8-16(9-11-17)6-2-1-3-7-16/h4-5,12H,1-3,6-11,13H2. The second-order valence-corrected chi connectivity index (χ2v) is 7.18. The van der Waals surface area contributed by atoms with E-state index in [1.165, 1.54) is 44.9 Å². The van der Waals surface area contributed by atoms with E-state index in [4.69, 9.17) is 0 Å². The summed E-state index contributed by atoms with van der Waals surface area (Å²) in [6.45, 7) is 2.87. The van der Waals surface area contributed by atoms with E-state index >= 15 is 0 Å². The zero-order valence-electron chi connectivity index (χ0n) is 11.6. The minimum Gasteiger partial charge on any atom is -0.296 e. The summed E-state index contributed by atoms with van der Waals surface area (Å²) in [5.74, 6) is 0.301. The summed E-state index contributed by atoms with van der Waals surface area (Å²) < 4.78 is 0. The third kappa shape index (κ3) is 3.09. The number of Topliss-reactive ketones (excluding diaryl/α,β-unsaturated/α-hetero) is 1. The SMILES string of the molecule is O=C(CN1CCC2(CCCCC2)CC1)c1cccs1. The molecule has 0 unspecified atom stereocenters. The molecule has 1 aromatic rings. The molecule has 2 fully saturated rings. The van der Waals surface area contributed by atoms with Gasteiger partial charge in [0.15, 0.2) is 5.78 Å². The normalized spacial score (nSPS) is 23.6. The molecule has 1 spiro atoms. The molecule has 0 atom stereocenters. The predicted octanol–water partition coefficient (Wildman–Crippen LogP) is 3.98. The summed E-state index contributed by atoms with van der Waals surface area (Å²) in [6, 6.07) is 3.91. The fraction of sp³-hybridized carbons (Fsp3) is 0.688. The molecule has 2 nitrogen and oxygen atoms in total. The molecule has 1 saturated heterocycles. The van der Waals surface area contributed by atoms with Gasteiger partial charge in [0.2, 0.25) is 0 Å². The summed E-state index contributed by atoms with van der Waals surface area (Å²) in [5.41, 5.74) is 0.640. The maximum absolute atomic E-state index is 12.1. The van der Waals surface area contributed by atoms with Crippen molar-refractivity contribution in [2.24, 2.45) is 5.41 Å². The Balaban J connectivity index is 1.51. The molecular formula is C16H23NOS. The number of hydrogen-bond acceptors (Lipinski definition) is 3. The fourth-order valence-electron chi connectivity index (χ4n) is 3.71. The first kappa shape index (κ1) is 13.3. The largest absolute Gasteiger partial charge is 0.296 e. The number of hydrogen-bond donors (Lipinski definition) is 0. The first-order chi connectivity index (χ1) is 9.27. The maximum atomic E-state index is 12.1. The number of nitrogens with zero attached hydrogens (tertiary/aromatic N) is 1. The molecule has 3 rings (SSSR count). The number of carbonyl (C=O) groups excluding carboxylic acids is 1. The molecule has 0 amide bonds. The van der Waals surface area contributed by atoms with Crippen molar-refractivity contribution in [3.05, 3.63) is 22.4 Å². The molecule has 0 bridgehead atoms. The van der Waals surface area contributed by atoms with Crippen molar-refractivity contribution in [3.63, 3.8) is 0 Å². The van der Waals surface area contributed by atoms with Crippen molar-refractivity contribution in [1.29, 1.82) is 0 Å². The number of ketones is 1. The smallest absolute Gasteiger partial charge is 0.186 e. The van der Waals surface area contributed by atoms with Crippen LogP contribution in [0.25, 0.3) is 0 Å². The Bertz CT molecular complexity index is 410. The van der Waals surface area contributed by atoms with Crippen LogP contribution in [0.2, 0.25) is 0 Å². The second-order valence-electron chi connectivity index (χ2n) is 6.24. The summed E-state index contributed by atoms with van der Waals surface area (Å²) in [6.07, 6.45) is 9.76. The highest BCUT2D eigenvalue weighted by Gasteiger charge is 2.35. The Morgan fingerprint density at radius 1 is 1.16 bits per heavy atom. The molecule has 3 heteroatoms. The molecule has 0 N–H and O–H groups in total. The highest BCUT2D eigenvalue weighted by Crippen LogP contribution is 2.44. The number of likely N-dealkylation sites (tertiary alicyclic amines) is 1. The average Bonchev–Trinajstić information content (AvgIpc) is 2.97. The van der Waals surface area contributed by atoms with E-state index in [1.807, 2.05) is 17.5 Å². The number of rotatable bonds is 3. The number of thiophene rings is 1. The average molecular weight is 277 g/mol. The van der Waals surface area contributed by atoms with Crippen molar-refractivity contribution in [1.82, 2.24) is 4.90 Å². The third-order valence-electron chi connectivity index (χ3n) is 4.99. The summed E-state index contributed by atoms with van der Waals surface area (Å²) >= 11 is 1.56. The molecule has 0 radical (unpaired) electrons. The van der Waals surface area contributed by atoms with E-state index in [1.54, 1.807) is 11.3 Å². The van der Waals surface area contributed by atoms with Gasteiger partial charge >= 0.3 is 0 Å². The van der Waals surface area contributed by atoms with Gasteiger partial charge in [-0.25, -0.2) is 0 Å². The van der Waals surface area contributed by atoms with Crippen LogP contribution in [0, 0.1) is 5.41 Å². The van der Waals surface area contributed by atoms with Gasteiger partial charge in [-0.15, -0.1) is 11.3 Å². The van der Waals surface area contributed by atoms with Crippen molar-refractivity contribution in [3.8, 4) is 0 Å². The number of piperidine rings is 1. The fourth-order valence-corrected chi connectivity index (χ4v) is 4.36. The van der Waals surface area contributed by atoms with Gasteiger partial charge in [0.1, 0.15) is 0 Å². The van der Waals surface area contributed by atoms with Crippen LogP contribution in [0.4, 0.5) is 0 Å². The monoisotopic (exact) mass is 277 g/mol. The molecule has 0 aromatic carbocycles. The minimum atomic E-state index is 0.301. The van der Waals surface area contributed by atoms with E-state index in [2.05, 4.69) is 4.90 Å². The van der Waals surface area contributed by atoms with Gasteiger partial charge in [-0.2, -0.15) is 0 Å². The first-order valence-corrected chi connectivity index (χ1v) is 8.45. The third-order valence-corrected chi connectivity index (χ3v) is 5.91. The second kappa shape index (κ2) is 5.76. The van der Waals surface area contributed by atoms with Crippen molar-refractivity contribution in [2.45, 2.75) is 44.9 Å². The lowest BCUT2D eigenvalue weighted by Crippen LogP contribution is -2.43. The summed E-state index contributed by atoms with van der Waals surface area (Å²) in [5, 5.41) is 1.99. The van der Waals surface area contributed by atoms with Gasteiger partial charge < -0.3 is 0 Å². The van der Waals surface area contributed by atoms with Crippen LogP contribution in [-0.4, -0.2) is 30.3 Å². The van der Waals surface area contributed by atoms with Crippen molar-refractivity contribution >= 4 is 17.1 Å². The topological polar surface area (TPSA) is 20.3 Å². The van der Waals surface area contributed by atoms with E-state index in [9.17, 15) is 4.79 Å². The predicted molar refractivity (Wildman–Crippen MR) is 79.8 cm³/mol. The van der Waals surface area contributed by atoms with Crippen LogP contribution in [-0.2, 0) is 0 Å². The van der Waals surface area contributed by atoms with Crippen molar-refractivity contribution < 1.29 is 4.79 Å². The van der Waals surface area contributed by atoms with E-state index in [0.717, 1.165) is 18.0 Å². The zero-order valence-corrected chi connectivity index (χ0v) is 12.4. The van der Waals surface area contributed by atoms with Crippen molar-refractivity contribution in [2.75, 3.05) is 19.6 Å². The lowest BCUT2D eigenvalue weighted by molar-refractivity contribution is 0.0613. The lowest BCUT2D eigenvalue weighted by Gasteiger charge is -2.44. The summed E-state index contributed by atoms with van der Waals surface area (Å²) in [4.78, 5) is 15.4. The van der Waals surface area contributed by atoms with Gasteiger partial charge in [0.25, 0.3) is 0 Å². The number of carbonyl (C=O) groups is 1. The van der Waals surface area contributed by atoms with E-state index in [-0.39, 0.29) is 0 Å². The van der Waals surface area contributed by atoms with Crippen LogP contribution < -0.4 is 0 Å². The maximum Gasteiger partial charge on any atom is 0.186 e. The van der Waals surface area contributed by atoms with Crippen LogP contribution in [0.1, 0.15) is 54.6 Å². The van der Waals surface area contributed by atoms with Gasteiger partial charge in [-0.05, 0) is 55.6 Å². The van der Waals surface area contributed by atoms with E-state index in [0.29, 0.717) is 17.7 Å². The van der Waals surface area contributed by atoms with Gasteiger partial charge in [0.05, 0.1) is 11.4 Å².